The first-order valence-corrected chi connectivity index (χ1v) is 11.4. The summed E-state index contributed by atoms with van der Waals surface area (Å²) >= 11 is 12.2. The Morgan fingerprint density at radius 1 is 1.17 bits per heavy atom. The first-order valence-electron chi connectivity index (χ1n) is 9.23. The van der Waals surface area contributed by atoms with Crippen molar-refractivity contribution < 1.29 is 17.9 Å². The molecule has 0 saturated carbocycles. The van der Waals surface area contributed by atoms with Crippen molar-refractivity contribution in [1.82, 2.24) is 9.62 Å². The van der Waals surface area contributed by atoms with Crippen LogP contribution in [0, 0.1) is 0 Å². The van der Waals surface area contributed by atoms with Crippen LogP contribution in [0.15, 0.2) is 53.4 Å². The number of rotatable bonds is 8. The number of sulfonamides is 1. The normalized spacial score (nSPS) is 16.9. The van der Waals surface area contributed by atoms with Crippen LogP contribution in [-0.4, -0.2) is 44.4 Å². The van der Waals surface area contributed by atoms with Gasteiger partial charge in [0.05, 0.1) is 17.5 Å². The minimum atomic E-state index is -3.91. The molecule has 3 rings (SSSR count). The van der Waals surface area contributed by atoms with Crippen molar-refractivity contribution in [3.8, 4) is 0 Å². The minimum Gasteiger partial charge on any atom is -0.376 e. The molecule has 2 aromatic carbocycles. The maximum Gasteiger partial charge on any atom is 0.243 e. The van der Waals surface area contributed by atoms with Crippen molar-refractivity contribution in [1.29, 1.82) is 0 Å². The first kappa shape index (κ1) is 22.1. The van der Waals surface area contributed by atoms with Gasteiger partial charge in [0, 0.05) is 29.7 Å². The zero-order chi connectivity index (χ0) is 20.9. The van der Waals surface area contributed by atoms with E-state index in [-0.39, 0.29) is 24.1 Å². The fourth-order valence-electron chi connectivity index (χ4n) is 3.06. The van der Waals surface area contributed by atoms with E-state index in [2.05, 4.69) is 5.32 Å². The van der Waals surface area contributed by atoms with Crippen molar-refractivity contribution in [2.75, 3.05) is 19.7 Å². The largest absolute Gasteiger partial charge is 0.376 e. The monoisotopic (exact) mass is 456 g/mol. The molecule has 1 heterocycles. The molecule has 0 radical (unpaired) electrons. The summed E-state index contributed by atoms with van der Waals surface area (Å²) in [5.74, 6) is -0.398. The van der Waals surface area contributed by atoms with E-state index in [1.165, 1.54) is 12.1 Å². The lowest BCUT2D eigenvalue weighted by Crippen LogP contribution is -2.42. The molecule has 1 atom stereocenters. The van der Waals surface area contributed by atoms with E-state index in [1.807, 2.05) is 0 Å². The Morgan fingerprint density at radius 2 is 1.93 bits per heavy atom. The third kappa shape index (κ3) is 5.93. The molecule has 0 spiro atoms. The molecule has 0 aliphatic carbocycles. The Kier molecular flexibility index (Phi) is 7.54. The second-order valence-electron chi connectivity index (χ2n) is 6.76. The Balaban J connectivity index is 1.79. The van der Waals surface area contributed by atoms with E-state index < -0.39 is 15.9 Å². The molecule has 1 saturated heterocycles. The third-order valence-corrected chi connectivity index (χ3v) is 7.01. The average Bonchev–Trinajstić information content (AvgIpc) is 3.22. The van der Waals surface area contributed by atoms with Gasteiger partial charge in [0.2, 0.25) is 15.9 Å². The highest BCUT2D eigenvalue weighted by atomic mass is 35.5. The van der Waals surface area contributed by atoms with Gasteiger partial charge in [-0.1, -0.05) is 47.5 Å². The number of hydrogen-bond acceptors (Lipinski definition) is 4. The molecule has 1 aliphatic heterocycles. The second-order valence-corrected chi connectivity index (χ2v) is 9.54. The molecular formula is C20H22Cl2N2O4S. The number of halogens is 2. The van der Waals surface area contributed by atoms with Crippen LogP contribution >= 0.6 is 23.2 Å². The van der Waals surface area contributed by atoms with Gasteiger partial charge in [-0.05, 0) is 42.7 Å². The molecule has 1 fully saturated rings. The smallest absolute Gasteiger partial charge is 0.243 e. The maximum absolute atomic E-state index is 13.2. The highest BCUT2D eigenvalue weighted by molar-refractivity contribution is 7.89. The second kappa shape index (κ2) is 9.91. The predicted octanol–water partition coefficient (Wildman–Crippen LogP) is 3.48. The van der Waals surface area contributed by atoms with Crippen LogP contribution in [-0.2, 0) is 26.1 Å². The van der Waals surface area contributed by atoms with Gasteiger partial charge in [0.1, 0.15) is 0 Å². The fraction of sp³-hybridized carbons (Fsp3) is 0.350. The fourth-order valence-corrected chi connectivity index (χ4v) is 4.92. The van der Waals surface area contributed by atoms with Gasteiger partial charge in [-0.3, -0.25) is 4.79 Å². The Labute approximate surface area is 180 Å². The molecule has 2 aromatic rings. The summed E-state index contributed by atoms with van der Waals surface area (Å²) in [6, 6.07) is 12.8. The highest BCUT2D eigenvalue weighted by Crippen LogP contribution is 2.25. The van der Waals surface area contributed by atoms with Crippen LogP contribution in [0.25, 0.3) is 0 Å². The zero-order valence-corrected chi connectivity index (χ0v) is 18.0. The van der Waals surface area contributed by atoms with Crippen molar-refractivity contribution in [2.45, 2.75) is 30.4 Å². The molecule has 156 valence electrons. The number of nitrogens with zero attached hydrogens (tertiary/aromatic N) is 1. The van der Waals surface area contributed by atoms with Gasteiger partial charge >= 0.3 is 0 Å². The summed E-state index contributed by atoms with van der Waals surface area (Å²) in [6.07, 6.45) is 1.82. The van der Waals surface area contributed by atoms with E-state index in [0.29, 0.717) is 28.8 Å². The number of benzene rings is 2. The van der Waals surface area contributed by atoms with Crippen LogP contribution in [0.4, 0.5) is 0 Å². The number of hydrogen-bond donors (Lipinski definition) is 1. The summed E-state index contributed by atoms with van der Waals surface area (Å²) in [7, 11) is -3.91. The number of carbonyl (C=O) groups is 1. The Bertz CT molecular complexity index is 948. The number of amides is 1. The van der Waals surface area contributed by atoms with E-state index in [0.717, 1.165) is 17.1 Å². The standard InChI is InChI=1S/C20H22Cl2N2O4S/c21-16-9-8-15(19(22)11-16)13-24(29(26,27)18-6-2-1-3-7-18)14-20(25)23-12-17-5-4-10-28-17/h1-3,6-9,11,17H,4-5,10,12-14H2,(H,23,25). The average molecular weight is 457 g/mol. The van der Waals surface area contributed by atoms with Crippen molar-refractivity contribution >= 4 is 39.1 Å². The van der Waals surface area contributed by atoms with Crippen LogP contribution < -0.4 is 5.32 Å². The van der Waals surface area contributed by atoms with Crippen LogP contribution in [0.1, 0.15) is 18.4 Å². The number of ether oxygens (including phenoxy) is 1. The lowest BCUT2D eigenvalue weighted by molar-refractivity contribution is -0.121. The minimum absolute atomic E-state index is 0.0242. The lowest BCUT2D eigenvalue weighted by atomic mass is 10.2. The Morgan fingerprint density at radius 3 is 2.59 bits per heavy atom. The molecular weight excluding hydrogens is 435 g/mol. The molecule has 0 bridgehead atoms. The van der Waals surface area contributed by atoms with Crippen molar-refractivity contribution in [3.63, 3.8) is 0 Å². The summed E-state index contributed by atoms with van der Waals surface area (Å²) in [5, 5.41) is 3.55. The van der Waals surface area contributed by atoms with Gasteiger partial charge in [-0.2, -0.15) is 4.31 Å². The predicted molar refractivity (Wildman–Crippen MR) is 112 cm³/mol. The van der Waals surface area contributed by atoms with Crippen molar-refractivity contribution in [3.05, 3.63) is 64.1 Å². The molecule has 1 aliphatic rings. The van der Waals surface area contributed by atoms with E-state index >= 15 is 0 Å². The SMILES string of the molecule is O=C(CN(Cc1ccc(Cl)cc1Cl)S(=O)(=O)c1ccccc1)NCC1CCCO1. The quantitative estimate of drug-likeness (QED) is 0.659. The first-order chi connectivity index (χ1) is 13.9. The summed E-state index contributed by atoms with van der Waals surface area (Å²) < 4.78 is 32.9. The van der Waals surface area contributed by atoms with Gasteiger partial charge < -0.3 is 10.1 Å². The van der Waals surface area contributed by atoms with Gasteiger partial charge in [-0.15, -0.1) is 0 Å². The molecule has 1 amide bonds. The summed E-state index contributed by atoms with van der Waals surface area (Å²) in [6.45, 7) is 0.660. The van der Waals surface area contributed by atoms with Crippen LogP contribution in [0.5, 0.6) is 0 Å². The van der Waals surface area contributed by atoms with E-state index in [1.54, 1.807) is 36.4 Å². The molecule has 29 heavy (non-hydrogen) atoms. The Hall–Kier alpha value is -1.64. The molecule has 1 N–H and O–H groups in total. The molecule has 9 heteroatoms. The third-order valence-electron chi connectivity index (χ3n) is 4.61. The number of nitrogens with one attached hydrogen (secondary N) is 1. The maximum atomic E-state index is 13.2. The molecule has 0 aromatic heterocycles. The van der Waals surface area contributed by atoms with Crippen molar-refractivity contribution in [2.24, 2.45) is 0 Å². The topological polar surface area (TPSA) is 75.7 Å². The summed E-state index contributed by atoms with van der Waals surface area (Å²) in [5.41, 5.74) is 0.558. The van der Waals surface area contributed by atoms with Gasteiger partial charge in [-0.25, -0.2) is 8.42 Å². The highest BCUT2D eigenvalue weighted by Gasteiger charge is 2.28. The van der Waals surface area contributed by atoms with E-state index in [9.17, 15) is 13.2 Å². The van der Waals surface area contributed by atoms with Gasteiger partial charge in [0.25, 0.3) is 0 Å². The molecule has 1 unspecified atom stereocenters. The van der Waals surface area contributed by atoms with E-state index in [4.69, 9.17) is 27.9 Å². The zero-order valence-electron chi connectivity index (χ0n) is 15.7. The van der Waals surface area contributed by atoms with Crippen LogP contribution in [0.2, 0.25) is 10.0 Å². The van der Waals surface area contributed by atoms with Gasteiger partial charge in [0.15, 0.2) is 0 Å². The molecule has 6 nitrogen and oxygen atoms in total. The van der Waals surface area contributed by atoms with Crippen LogP contribution in [0.3, 0.4) is 0 Å². The number of carbonyl (C=O) groups excluding carboxylic acids is 1. The lowest BCUT2D eigenvalue weighted by Gasteiger charge is -2.23. The summed E-state index contributed by atoms with van der Waals surface area (Å²) in [4.78, 5) is 12.6.